The van der Waals surface area contributed by atoms with Crippen LogP contribution in [0.3, 0.4) is 0 Å². The molecule has 18 aromatic carbocycles. The largest absolute Gasteiger partial charge is 0.0622 e. The van der Waals surface area contributed by atoms with Crippen molar-refractivity contribution in [1.29, 1.82) is 0 Å². The summed E-state index contributed by atoms with van der Waals surface area (Å²) < 4.78 is 0. The topological polar surface area (TPSA) is 0 Å². The third-order valence-electron chi connectivity index (χ3n) is 18.1. The SMILES string of the molecule is Cc1cc(C)cc(-c2c3cc(C)cc4c5c(C)cc(C)cc5c(c34)c3c4ccc5c6ccc7c8c(-c9ccccc9)c9cc(-c%10ccccc%10)cc%10c%11ccccc%11c(c9%10)c8c8ccc(c9ccc(c23)c4c95)c6c78)c1. The molecule has 0 radical (unpaired) electrons. The Hall–Kier alpha value is -9.10. The first-order valence-electron chi connectivity index (χ1n) is 26.7. The van der Waals surface area contributed by atoms with Crippen molar-refractivity contribution in [2.75, 3.05) is 0 Å². The lowest BCUT2D eigenvalue weighted by Gasteiger charge is -2.16. The van der Waals surface area contributed by atoms with Gasteiger partial charge in [-0.1, -0.05) is 193 Å². The van der Waals surface area contributed by atoms with E-state index >= 15 is 0 Å². The van der Waals surface area contributed by atoms with Crippen molar-refractivity contribution >= 4 is 151 Å². The molecule has 0 heterocycles. The molecule has 0 amide bonds. The van der Waals surface area contributed by atoms with E-state index in [0.29, 0.717) is 0 Å². The highest BCUT2D eigenvalue weighted by molar-refractivity contribution is 6.54. The van der Waals surface area contributed by atoms with E-state index in [4.69, 9.17) is 0 Å². The quantitative estimate of drug-likeness (QED) is 0.122. The molecular weight excluding hydrogens is 901 g/mol. The van der Waals surface area contributed by atoms with Crippen LogP contribution in [0.4, 0.5) is 0 Å². The van der Waals surface area contributed by atoms with Crippen molar-refractivity contribution in [1.82, 2.24) is 0 Å². The number of benzene rings is 14. The van der Waals surface area contributed by atoms with Crippen LogP contribution in [0.25, 0.3) is 184 Å². The van der Waals surface area contributed by atoms with Crippen LogP contribution in [0.2, 0.25) is 0 Å². The van der Waals surface area contributed by atoms with E-state index < -0.39 is 0 Å². The number of hydrogen-bond donors (Lipinski definition) is 0. The molecule has 0 atom stereocenters. The summed E-state index contributed by atoms with van der Waals surface area (Å²) in [5.41, 5.74) is 14.3. The minimum Gasteiger partial charge on any atom is -0.0622 e. The summed E-state index contributed by atoms with van der Waals surface area (Å²) in [6, 6.07) is 73.2. The van der Waals surface area contributed by atoms with Gasteiger partial charge < -0.3 is 0 Å². The zero-order valence-electron chi connectivity index (χ0n) is 42.4. The van der Waals surface area contributed by atoms with Gasteiger partial charge in [0.1, 0.15) is 0 Å². The Labute approximate surface area is 432 Å². The molecular formula is C75H46. The van der Waals surface area contributed by atoms with Crippen LogP contribution >= 0.6 is 0 Å². The third kappa shape index (κ3) is 4.86. The Morgan fingerprint density at radius 1 is 0.173 bits per heavy atom. The number of fused-ring (bicyclic) bond motifs is 16. The van der Waals surface area contributed by atoms with Crippen molar-refractivity contribution in [2.45, 2.75) is 34.6 Å². The average molecular weight is 947 g/mol. The van der Waals surface area contributed by atoms with Crippen LogP contribution < -0.4 is 0 Å². The molecule has 346 valence electrons. The predicted molar refractivity (Wildman–Crippen MR) is 327 cm³/mol. The molecule has 0 heteroatoms. The van der Waals surface area contributed by atoms with E-state index in [-0.39, 0.29) is 0 Å². The first-order valence-corrected chi connectivity index (χ1v) is 26.7. The zero-order valence-corrected chi connectivity index (χ0v) is 42.4. The van der Waals surface area contributed by atoms with Gasteiger partial charge in [0, 0.05) is 0 Å². The molecule has 0 N–H and O–H groups in total. The molecule has 0 nitrogen and oxygen atoms in total. The van der Waals surface area contributed by atoms with Crippen LogP contribution in [-0.2, 0) is 0 Å². The number of aryl methyl sites for hydroxylation is 5. The molecule has 0 fully saturated rings. The van der Waals surface area contributed by atoms with Crippen molar-refractivity contribution in [2.24, 2.45) is 0 Å². The third-order valence-corrected chi connectivity index (χ3v) is 18.1. The summed E-state index contributed by atoms with van der Waals surface area (Å²) in [6.45, 7) is 11.4. The van der Waals surface area contributed by atoms with Gasteiger partial charge in [-0.2, -0.15) is 0 Å². The Morgan fingerprint density at radius 2 is 0.533 bits per heavy atom. The smallest absolute Gasteiger partial charge is 0.000696 e. The van der Waals surface area contributed by atoms with E-state index in [1.54, 1.807) is 0 Å². The monoisotopic (exact) mass is 946 g/mol. The maximum absolute atomic E-state index is 2.51. The van der Waals surface area contributed by atoms with E-state index in [0.717, 1.165) is 0 Å². The van der Waals surface area contributed by atoms with Crippen molar-refractivity contribution in [3.63, 3.8) is 0 Å². The standard InChI is InChI=1S/C75H46/c1-37-28-38(2)31-45(30-37)63-59-34-40(4)33-57-61-41(5)29-39(3)32-58(61)75(69(57)59)74-55-27-23-51-48-20-24-52-66-54(26-22-50(64(48)66)49-21-25-53(72(63)74)67(55)65(49)51)73-70-47-19-13-12-18-46(47)56-35-44(42-14-8-6-9-15-42)36-60(68(56)70)62(71(52)73)43-16-10-7-11-17-43/h6-36H,1-5H3. The Balaban J connectivity index is 1.04. The molecule has 18 aromatic rings. The van der Waals surface area contributed by atoms with Gasteiger partial charge in [-0.15, -0.1) is 0 Å². The van der Waals surface area contributed by atoms with Gasteiger partial charge in [0.25, 0.3) is 0 Å². The molecule has 18 rings (SSSR count). The normalized spacial score (nSPS) is 12.9. The van der Waals surface area contributed by atoms with Gasteiger partial charge in [-0.3, -0.25) is 0 Å². The summed E-state index contributed by atoms with van der Waals surface area (Å²) in [7, 11) is 0. The van der Waals surface area contributed by atoms with Gasteiger partial charge >= 0.3 is 0 Å². The van der Waals surface area contributed by atoms with E-state index in [1.807, 2.05) is 0 Å². The van der Waals surface area contributed by atoms with Crippen molar-refractivity contribution in [3.8, 4) is 33.4 Å². The molecule has 0 spiro atoms. The minimum absolute atomic E-state index is 1.24. The average Bonchev–Trinajstić information content (AvgIpc) is 4.27. The zero-order chi connectivity index (χ0) is 49.4. The Kier molecular flexibility index (Phi) is 7.40. The second-order valence-corrected chi connectivity index (χ2v) is 22.5. The van der Waals surface area contributed by atoms with Crippen LogP contribution in [0.1, 0.15) is 27.8 Å². The number of hydrogen-bond acceptors (Lipinski definition) is 0. The van der Waals surface area contributed by atoms with Gasteiger partial charge in [0.15, 0.2) is 0 Å². The second kappa shape index (κ2) is 13.7. The second-order valence-electron chi connectivity index (χ2n) is 22.5. The molecule has 0 aliphatic carbocycles. The minimum atomic E-state index is 1.24. The Bertz CT molecular complexity index is 5500. The van der Waals surface area contributed by atoms with E-state index in [9.17, 15) is 0 Å². The van der Waals surface area contributed by atoms with Gasteiger partial charge in [-0.25, -0.2) is 0 Å². The van der Waals surface area contributed by atoms with Crippen LogP contribution in [0, 0.1) is 34.6 Å². The fourth-order valence-electron chi connectivity index (χ4n) is 15.7. The summed E-state index contributed by atoms with van der Waals surface area (Å²) in [5.74, 6) is 0. The summed E-state index contributed by atoms with van der Waals surface area (Å²) in [6.07, 6.45) is 0. The van der Waals surface area contributed by atoms with Gasteiger partial charge in [0.2, 0.25) is 0 Å². The fraction of sp³-hybridized carbons (Fsp3) is 0.0667. The van der Waals surface area contributed by atoms with Crippen molar-refractivity contribution in [3.05, 3.63) is 216 Å². The Morgan fingerprint density at radius 3 is 1.13 bits per heavy atom. The molecule has 0 aromatic heterocycles. The van der Waals surface area contributed by atoms with Crippen molar-refractivity contribution < 1.29 is 0 Å². The highest BCUT2D eigenvalue weighted by Crippen LogP contribution is 2.59. The molecule has 0 bridgehead atoms. The lowest BCUT2D eigenvalue weighted by molar-refractivity contribution is 1.39. The first kappa shape index (κ1) is 40.4. The predicted octanol–water partition coefficient (Wildman–Crippen LogP) is 21.6. The summed E-state index contributed by atoms with van der Waals surface area (Å²) >= 11 is 0. The fourth-order valence-corrected chi connectivity index (χ4v) is 15.7. The van der Waals surface area contributed by atoms with E-state index in [2.05, 4.69) is 223 Å². The molecule has 75 heavy (non-hydrogen) atoms. The highest BCUT2D eigenvalue weighted by atomic mass is 14.3. The van der Waals surface area contributed by atoms with Crippen LogP contribution in [0.5, 0.6) is 0 Å². The van der Waals surface area contributed by atoms with Crippen LogP contribution in [-0.4, -0.2) is 0 Å². The maximum atomic E-state index is 2.51. The van der Waals surface area contributed by atoms with Crippen LogP contribution in [0.15, 0.2) is 188 Å². The van der Waals surface area contributed by atoms with Gasteiger partial charge in [0.05, 0.1) is 0 Å². The molecule has 0 aliphatic heterocycles. The molecule has 0 unspecified atom stereocenters. The number of rotatable bonds is 3. The summed E-state index contributed by atoms with van der Waals surface area (Å²) in [4.78, 5) is 0. The van der Waals surface area contributed by atoms with Gasteiger partial charge in [-0.05, 0) is 242 Å². The summed E-state index contributed by atoms with van der Waals surface area (Å²) in [5, 5.41) is 38.1. The maximum Gasteiger partial charge on any atom is -0.000696 e. The molecule has 0 saturated heterocycles. The molecule has 0 saturated carbocycles. The lowest BCUT2D eigenvalue weighted by Crippen LogP contribution is -1.88. The first-order chi connectivity index (χ1) is 36.8. The van der Waals surface area contributed by atoms with E-state index in [1.165, 1.54) is 212 Å². The lowest BCUT2D eigenvalue weighted by atomic mass is 9.87. The highest BCUT2D eigenvalue weighted by Gasteiger charge is 2.30. The molecule has 0 aliphatic rings.